The van der Waals surface area contributed by atoms with Crippen LogP contribution < -0.4 is 0 Å². The lowest BCUT2D eigenvalue weighted by molar-refractivity contribution is 0.200. The van der Waals surface area contributed by atoms with Crippen molar-refractivity contribution in [3.05, 3.63) is 35.5 Å². The van der Waals surface area contributed by atoms with Crippen LogP contribution in [-0.4, -0.2) is 9.67 Å². The lowest BCUT2D eigenvalue weighted by Gasteiger charge is -2.03. The summed E-state index contributed by atoms with van der Waals surface area (Å²) in [6, 6.07) is 6.24. The number of rotatable bonds is 2. The largest absolute Gasteiger partial charge is 0.389 e. The van der Waals surface area contributed by atoms with E-state index in [2.05, 4.69) is 36.7 Å². The van der Waals surface area contributed by atoms with Crippen LogP contribution in [0.15, 0.2) is 24.4 Å². The summed E-state index contributed by atoms with van der Waals surface area (Å²) in [5.74, 6) is 0. The Morgan fingerprint density at radius 1 is 1.40 bits per heavy atom. The Balaban J connectivity index is 2.81. The van der Waals surface area contributed by atoms with Crippen LogP contribution in [0.25, 0.3) is 10.9 Å². The van der Waals surface area contributed by atoms with Gasteiger partial charge >= 0.3 is 0 Å². The lowest BCUT2D eigenvalue weighted by Crippen LogP contribution is -1.92. The first-order valence-corrected chi connectivity index (χ1v) is 5.41. The van der Waals surface area contributed by atoms with E-state index in [4.69, 9.17) is 0 Å². The summed E-state index contributed by atoms with van der Waals surface area (Å²) in [7, 11) is 0. The smallest absolute Gasteiger partial charge is 0.0782 e. The van der Waals surface area contributed by atoms with E-state index in [0.717, 1.165) is 12.1 Å². The summed E-state index contributed by atoms with van der Waals surface area (Å²) < 4.78 is 2.20. The molecule has 0 amide bonds. The molecule has 1 atom stereocenters. The molecule has 1 aromatic heterocycles. The van der Waals surface area contributed by atoms with Gasteiger partial charge < -0.3 is 9.67 Å². The average molecular weight is 203 g/mol. The summed E-state index contributed by atoms with van der Waals surface area (Å²) in [4.78, 5) is 0. The van der Waals surface area contributed by atoms with Crippen molar-refractivity contribution in [3.8, 4) is 0 Å². The summed E-state index contributed by atoms with van der Waals surface area (Å²) >= 11 is 0. The van der Waals surface area contributed by atoms with Crippen molar-refractivity contribution in [1.29, 1.82) is 0 Å². The van der Waals surface area contributed by atoms with Gasteiger partial charge in [0.05, 0.1) is 11.6 Å². The molecule has 0 aliphatic heterocycles. The first-order chi connectivity index (χ1) is 7.15. The Bertz CT molecular complexity index is 482. The van der Waals surface area contributed by atoms with E-state index in [1.165, 1.54) is 16.5 Å². The predicted molar refractivity (Wildman–Crippen MR) is 63.0 cm³/mol. The molecule has 0 saturated carbocycles. The van der Waals surface area contributed by atoms with Gasteiger partial charge in [0.1, 0.15) is 0 Å². The van der Waals surface area contributed by atoms with Crippen molar-refractivity contribution < 1.29 is 5.11 Å². The molecule has 1 heterocycles. The van der Waals surface area contributed by atoms with Crippen molar-refractivity contribution in [2.24, 2.45) is 0 Å². The van der Waals surface area contributed by atoms with Crippen LogP contribution in [0.4, 0.5) is 0 Å². The molecular formula is C13H17NO. The van der Waals surface area contributed by atoms with Gasteiger partial charge in [-0.2, -0.15) is 0 Å². The highest BCUT2D eigenvalue weighted by atomic mass is 16.3. The van der Waals surface area contributed by atoms with Crippen LogP contribution in [0, 0.1) is 6.92 Å². The number of para-hydroxylation sites is 1. The van der Waals surface area contributed by atoms with E-state index in [0.29, 0.717) is 0 Å². The normalized spacial score (nSPS) is 13.3. The molecule has 1 aromatic carbocycles. The van der Waals surface area contributed by atoms with Crippen LogP contribution >= 0.6 is 0 Å². The van der Waals surface area contributed by atoms with Gasteiger partial charge in [-0.05, 0) is 26.3 Å². The second kappa shape index (κ2) is 3.70. The molecule has 80 valence electrons. The summed E-state index contributed by atoms with van der Waals surface area (Å²) in [6.07, 6.45) is 1.66. The van der Waals surface area contributed by atoms with Crippen molar-refractivity contribution in [3.63, 3.8) is 0 Å². The van der Waals surface area contributed by atoms with Gasteiger partial charge in [0, 0.05) is 23.7 Å². The van der Waals surface area contributed by atoms with Gasteiger partial charge in [-0.1, -0.05) is 18.2 Å². The first-order valence-electron chi connectivity index (χ1n) is 5.41. The third-order valence-electron chi connectivity index (χ3n) is 2.92. The van der Waals surface area contributed by atoms with E-state index in [-0.39, 0.29) is 0 Å². The molecule has 15 heavy (non-hydrogen) atoms. The van der Waals surface area contributed by atoms with E-state index >= 15 is 0 Å². The predicted octanol–water partition coefficient (Wildman–Crippen LogP) is 3.02. The standard InChI is InChI=1S/C13H17NO/c1-4-14-8-12(10(3)15)11-7-5-6-9(2)13(11)14/h5-8,10,15H,4H2,1-3H3. The summed E-state index contributed by atoms with van der Waals surface area (Å²) in [6.45, 7) is 6.99. The number of aliphatic hydroxyl groups is 1. The third kappa shape index (κ3) is 1.55. The molecule has 2 rings (SSSR count). The average Bonchev–Trinajstić information content (AvgIpc) is 2.58. The topological polar surface area (TPSA) is 25.2 Å². The number of fused-ring (bicyclic) bond motifs is 1. The van der Waals surface area contributed by atoms with Crippen molar-refractivity contribution in [1.82, 2.24) is 4.57 Å². The van der Waals surface area contributed by atoms with E-state index in [9.17, 15) is 5.11 Å². The van der Waals surface area contributed by atoms with Crippen LogP contribution in [0.5, 0.6) is 0 Å². The second-order valence-electron chi connectivity index (χ2n) is 4.02. The van der Waals surface area contributed by atoms with Crippen molar-refractivity contribution in [2.45, 2.75) is 33.4 Å². The van der Waals surface area contributed by atoms with Gasteiger partial charge in [0.25, 0.3) is 0 Å². The minimum atomic E-state index is -0.401. The number of hydrogen-bond acceptors (Lipinski definition) is 1. The number of benzene rings is 1. The highest BCUT2D eigenvalue weighted by Gasteiger charge is 2.12. The fourth-order valence-electron chi connectivity index (χ4n) is 2.16. The Kier molecular flexibility index (Phi) is 2.53. The Morgan fingerprint density at radius 2 is 2.13 bits per heavy atom. The molecule has 0 spiro atoms. The van der Waals surface area contributed by atoms with Crippen LogP contribution in [0.2, 0.25) is 0 Å². The quantitative estimate of drug-likeness (QED) is 0.797. The third-order valence-corrected chi connectivity index (χ3v) is 2.92. The molecule has 1 unspecified atom stereocenters. The fraction of sp³-hybridized carbons (Fsp3) is 0.385. The molecule has 0 aliphatic rings. The van der Waals surface area contributed by atoms with Crippen molar-refractivity contribution in [2.75, 3.05) is 0 Å². The number of nitrogens with zero attached hydrogens (tertiary/aromatic N) is 1. The van der Waals surface area contributed by atoms with Gasteiger partial charge in [0.15, 0.2) is 0 Å². The van der Waals surface area contributed by atoms with Crippen molar-refractivity contribution >= 4 is 10.9 Å². The van der Waals surface area contributed by atoms with Crippen LogP contribution in [-0.2, 0) is 6.54 Å². The zero-order valence-electron chi connectivity index (χ0n) is 9.49. The molecule has 0 radical (unpaired) electrons. The Morgan fingerprint density at radius 3 is 2.73 bits per heavy atom. The highest BCUT2D eigenvalue weighted by molar-refractivity contribution is 5.87. The number of hydrogen-bond donors (Lipinski definition) is 1. The van der Waals surface area contributed by atoms with E-state index in [1.807, 2.05) is 13.0 Å². The molecule has 2 aromatic rings. The van der Waals surface area contributed by atoms with Crippen LogP contribution in [0.3, 0.4) is 0 Å². The van der Waals surface area contributed by atoms with Gasteiger partial charge in [0.2, 0.25) is 0 Å². The van der Waals surface area contributed by atoms with Gasteiger partial charge in [-0.15, -0.1) is 0 Å². The minimum Gasteiger partial charge on any atom is -0.389 e. The first kappa shape index (κ1) is 10.2. The molecule has 0 fully saturated rings. The monoisotopic (exact) mass is 203 g/mol. The maximum Gasteiger partial charge on any atom is 0.0782 e. The number of aliphatic hydroxyl groups excluding tert-OH is 1. The number of aromatic nitrogens is 1. The molecule has 1 N–H and O–H groups in total. The SMILES string of the molecule is CCn1cc(C(C)O)c2cccc(C)c21. The van der Waals surface area contributed by atoms with Gasteiger partial charge in [-0.25, -0.2) is 0 Å². The fourth-order valence-corrected chi connectivity index (χ4v) is 2.16. The molecule has 0 aliphatic carbocycles. The molecule has 0 bridgehead atoms. The lowest BCUT2D eigenvalue weighted by atomic mass is 10.1. The Hall–Kier alpha value is -1.28. The second-order valence-corrected chi connectivity index (χ2v) is 4.02. The summed E-state index contributed by atoms with van der Waals surface area (Å²) in [5.41, 5.74) is 3.53. The van der Waals surface area contributed by atoms with Gasteiger partial charge in [-0.3, -0.25) is 0 Å². The highest BCUT2D eigenvalue weighted by Crippen LogP contribution is 2.28. The molecule has 2 heteroatoms. The zero-order valence-corrected chi connectivity index (χ0v) is 9.49. The summed E-state index contributed by atoms with van der Waals surface area (Å²) in [5, 5.41) is 10.9. The number of aryl methyl sites for hydroxylation is 2. The van der Waals surface area contributed by atoms with E-state index in [1.54, 1.807) is 0 Å². The molecule has 0 saturated heterocycles. The molecular weight excluding hydrogens is 186 g/mol. The maximum absolute atomic E-state index is 9.71. The zero-order chi connectivity index (χ0) is 11.0. The van der Waals surface area contributed by atoms with Crippen LogP contribution in [0.1, 0.15) is 31.1 Å². The maximum atomic E-state index is 9.71. The minimum absolute atomic E-state index is 0.401. The van der Waals surface area contributed by atoms with E-state index < -0.39 is 6.10 Å². The molecule has 2 nitrogen and oxygen atoms in total. The Labute approximate surface area is 90.2 Å².